The molecule has 1 aromatic carbocycles. The van der Waals surface area contributed by atoms with Gasteiger partial charge in [0.15, 0.2) is 9.43 Å². The number of anilines is 1. The third-order valence-corrected chi connectivity index (χ3v) is 7.00. The Morgan fingerprint density at radius 1 is 1.09 bits per heavy atom. The van der Waals surface area contributed by atoms with Crippen LogP contribution in [0.3, 0.4) is 0 Å². The minimum Gasteiger partial charge on any atom is -0.468 e. The average Bonchev–Trinajstić information content (AvgIpc) is 3.58. The van der Waals surface area contributed by atoms with Crippen LogP contribution in [0.2, 0.25) is 0 Å². The number of benzene rings is 1. The van der Waals surface area contributed by atoms with Gasteiger partial charge in [-0.05, 0) is 29.8 Å². The SMILES string of the molecule is N#CC(=Cc1ccc(SCc2ccco2)o1)C(=O)Nc1nnc(SCc2ccccc2)s1. The zero-order chi connectivity index (χ0) is 22.2. The summed E-state index contributed by atoms with van der Waals surface area (Å²) in [5.41, 5.74) is 1.09. The third kappa shape index (κ3) is 6.13. The Morgan fingerprint density at radius 2 is 1.97 bits per heavy atom. The number of thioether (sulfide) groups is 2. The summed E-state index contributed by atoms with van der Waals surface area (Å²) in [6.45, 7) is 0. The lowest BCUT2D eigenvalue weighted by Crippen LogP contribution is -2.13. The van der Waals surface area contributed by atoms with Crippen LogP contribution >= 0.6 is 34.9 Å². The van der Waals surface area contributed by atoms with Crippen molar-refractivity contribution in [1.29, 1.82) is 5.26 Å². The van der Waals surface area contributed by atoms with Crippen molar-refractivity contribution < 1.29 is 13.6 Å². The molecule has 0 aliphatic rings. The zero-order valence-corrected chi connectivity index (χ0v) is 19.0. The van der Waals surface area contributed by atoms with Crippen LogP contribution in [0.25, 0.3) is 6.08 Å². The van der Waals surface area contributed by atoms with Crippen LogP contribution < -0.4 is 5.32 Å². The molecule has 0 bridgehead atoms. The molecule has 3 heterocycles. The second-order valence-electron chi connectivity index (χ2n) is 6.30. The molecule has 4 aromatic rings. The van der Waals surface area contributed by atoms with E-state index in [2.05, 4.69) is 15.5 Å². The van der Waals surface area contributed by atoms with Gasteiger partial charge in [0.1, 0.15) is 23.2 Å². The van der Waals surface area contributed by atoms with Crippen LogP contribution in [0, 0.1) is 11.3 Å². The predicted molar refractivity (Wildman–Crippen MR) is 125 cm³/mol. The van der Waals surface area contributed by atoms with Crippen molar-refractivity contribution in [2.75, 3.05) is 5.32 Å². The predicted octanol–water partition coefficient (Wildman–Crippen LogP) is 5.85. The van der Waals surface area contributed by atoms with Gasteiger partial charge in [-0.25, -0.2) is 0 Å². The summed E-state index contributed by atoms with van der Waals surface area (Å²) in [5.74, 6) is 2.06. The number of furan rings is 2. The molecule has 0 saturated carbocycles. The summed E-state index contributed by atoms with van der Waals surface area (Å²) in [6.07, 6.45) is 3.02. The van der Waals surface area contributed by atoms with Crippen LogP contribution in [-0.4, -0.2) is 16.1 Å². The van der Waals surface area contributed by atoms with Gasteiger partial charge in [0.05, 0.1) is 12.0 Å². The molecule has 0 spiro atoms. The maximum atomic E-state index is 12.5. The standard InChI is InChI=1S/C22H16N4O3S3/c23-12-16(11-17-8-9-19(29-17)30-14-18-7-4-10-28-18)20(27)24-21-25-26-22(32-21)31-13-15-5-2-1-3-6-15/h1-11H,13-14H2,(H,24,25,27). The van der Waals surface area contributed by atoms with E-state index in [1.165, 1.54) is 46.5 Å². The van der Waals surface area contributed by atoms with E-state index in [-0.39, 0.29) is 5.57 Å². The molecule has 10 heteroatoms. The Bertz CT molecular complexity index is 1240. The molecule has 1 amide bonds. The number of rotatable bonds is 9. The van der Waals surface area contributed by atoms with Crippen LogP contribution in [0.15, 0.2) is 84.7 Å². The molecule has 160 valence electrons. The largest absolute Gasteiger partial charge is 0.468 e. The first-order chi connectivity index (χ1) is 15.7. The topological polar surface area (TPSA) is 105 Å². The van der Waals surface area contributed by atoms with Crippen LogP contribution in [-0.2, 0) is 16.3 Å². The second kappa shape index (κ2) is 10.9. The molecule has 1 N–H and O–H groups in total. The lowest BCUT2D eigenvalue weighted by Gasteiger charge is -1.99. The summed E-state index contributed by atoms with van der Waals surface area (Å²) < 4.78 is 11.7. The van der Waals surface area contributed by atoms with E-state index in [1.807, 2.05) is 48.5 Å². The van der Waals surface area contributed by atoms with E-state index in [0.717, 1.165) is 15.9 Å². The number of amides is 1. The van der Waals surface area contributed by atoms with Gasteiger partial charge >= 0.3 is 0 Å². The first-order valence-corrected chi connectivity index (χ1v) is 12.2. The Morgan fingerprint density at radius 3 is 2.75 bits per heavy atom. The summed E-state index contributed by atoms with van der Waals surface area (Å²) in [7, 11) is 0. The molecular weight excluding hydrogens is 464 g/mol. The molecule has 3 aromatic heterocycles. The number of hydrogen-bond acceptors (Lipinski definition) is 9. The summed E-state index contributed by atoms with van der Waals surface area (Å²) in [4.78, 5) is 12.5. The van der Waals surface area contributed by atoms with Crippen molar-refractivity contribution >= 4 is 52.0 Å². The quantitative estimate of drug-likeness (QED) is 0.138. The molecule has 0 radical (unpaired) electrons. The molecule has 7 nitrogen and oxygen atoms in total. The Labute approximate surface area is 196 Å². The molecule has 4 rings (SSSR count). The molecule has 0 aliphatic heterocycles. The Hall–Kier alpha value is -3.26. The van der Waals surface area contributed by atoms with Gasteiger partial charge in [0, 0.05) is 11.8 Å². The number of carbonyl (C=O) groups excluding carboxylic acids is 1. The fourth-order valence-corrected chi connectivity index (χ4v) is 4.99. The molecule has 32 heavy (non-hydrogen) atoms. The normalized spacial score (nSPS) is 11.3. The Balaban J connectivity index is 1.33. The van der Waals surface area contributed by atoms with Gasteiger partial charge in [-0.1, -0.05) is 65.2 Å². The molecule has 0 aliphatic carbocycles. The second-order valence-corrected chi connectivity index (χ2v) is 9.48. The van der Waals surface area contributed by atoms with Crippen molar-refractivity contribution in [3.8, 4) is 6.07 Å². The van der Waals surface area contributed by atoms with E-state index in [0.29, 0.717) is 21.7 Å². The van der Waals surface area contributed by atoms with E-state index in [1.54, 1.807) is 18.4 Å². The molecule has 0 saturated heterocycles. The van der Waals surface area contributed by atoms with Gasteiger partial charge in [0.2, 0.25) is 5.13 Å². The highest BCUT2D eigenvalue weighted by Gasteiger charge is 2.14. The van der Waals surface area contributed by atoms with E-state index in [4.69, 9.17) is 8.83 Å². The molecular formula is C22H16N4O3S3. The van der Waals surface area contributed by atoms with E-state index in [9.17, 15) is 10.1 Å². The monoisotopic (exact) mass is 480 g/mol. The maximum Gasteiger partial charge on any atom is 0.268 e. The highest BCUT2D eigenvalue weighted by Crippen LogP contribution is 2.29. The van der Waals surface area contributed by atoms with Gasteiger partial charge in [-0.15, -0.1) is 10.2 Å². The number of nitriles is 1. The van der Waals surface area contributed by atoms with Gasteiger partial charge in [0.25, 0.3) is 5.91 Å². The van der Waals surface area contributed by atoms with Crippen molar-refractivity contribution in [1.82, 2.24) is 10.2 Å². The fraction of sp³-hybridized carbons (Fsp3) is 0.0909. The fourth-order valence-electron chi connectivity index (χ4n) is 2.52. The highest BCUT2D eigenvalue weighted by atomic mass is 32.2. The highest BCUT2D eigenvalue weighted by molar-refractivity contribution is 8.00. The smallest absolute Gasteiger partial charge is 0.268 e. The van der Waals surface area contributed by atoms with Gasteiger partial charge < -0.3 is 8.83 Å². The molecule has 0 atom stereocenters. The summed E-state index contributed by atoms with van der Waals surface area (Å²) in [6, 6.07) is 19.1. The van der Waals surface area contributed by atoms with Crippen molar-refractivity contribution in [2.45, 2.75) is 20.9 Å². The zero-order valence-electron chi connectivity index (χ0n) is 16.6. The van der Waals surface area contributed by atoms with Crippen molar-refractivity contribution in [3.63, 3.8) is 0 Å². The first kappa shape index (κ1) is 22.0. The van der Waals surface area contributed by atoms with E-state index >= 15 is 0 Å². The van der Waals surface area contributed by atoms with Gasteiger partial charge in [-0.3, -0.25) is 10.1 Å². The number of nitrogens with one attached hydrogen (secondary N) is 1. The van der Waals surface area contributed by atoms with E-state index < -0.39 is 5.91 Å². The van der Waals surface area contributed by atoms with Gasteiger partial charge in [-0.2, -0.15) is 5.26 Å². The van der Waals surface area contributed by atoms with Crippen molar-refractivity contribution in [2.24, 2.45) is 0 Å². The number of aromatic nitrogens is 2. The van der Waals surface area contributed by atoms with Crippen LogP contribution in [0.1, 0.15) is 17.1 Å². The van der Waals surface area contributed by atoms with Crippen LogP contribution in [0.5, 0.6) is 0 Å². The third-order valence-electron chi connectivity index (χ3n) is 4.02. The Kier molecular flexibility index (Phi) is 7.45. The minimum atomic E-state index is -0.565. The number of nitrogens with zero attached hydrogens (tertiary/aromatic N) is 3. The summed E-state index contributed by atoms with van der Waals surface area (Å²) >= 11 is 4.25. The molecule has 0 fully saturated rings. The minimum absolute atomic E-state index is 0.0874. The summed E-state index contributed by atoms with van der Waals surface area (Å²) in [5, 5.41) is 21.1. The number of hydrogen-bond donors (Lipinski definition) is 1. The lowest BCUT2D eigenvalue weighted by molar-refractivity contribution is -0.112. The van der Waals surface area contributed by atoms with Crippen molar-refractivity contribution in [3.05, 3.63) is 83.5 Å². The molecule has 0 unspecified atom stereocenters. The first-order valence-electron chi connectivity index (χ1n) is 9.38. The van der Waals surface area contributed by atoms with Crippen LogP contribution in [0.4, 0.5) is 5.13 Å². The number of carbonyl (C=O) groups is 1. The lowest BCUT2D eigenvalue weighted by atomic mass is 10.2. The average molecular weight is 481 g/mol. The maximum absolute atomic E-state index is 12.5.